The number of hydrogen-bond acceptors (Lipinski definition) is 14. The molecular formula is C36H66N4O12. The second-order valence-electron chi connectivity index (χ2n) is 16.5. The number of nitrogens with one attached hydrogen (secondary N) is 4. The van der Waals surface area contributed by atoms with Crippen molar-refractivity contribution in [3.63, 3.8) is 0 Å². The lowest BCUT2D eigenvalue weighted by Crippen LogP contribution is -2.67. The highest BCUT2D eigenvalue weighted by Crippen LogP contribution is 2.35. The average Bonchev–Trinajstić information content (AvgIpc) is 3.00. The summed E-state index contributed by atoms with van der Waals surface area (Å²) in [4.78, 5) is 25.0. The topological polar surface area (TPSA) is 219 Å². The Kier molecular flexibility index (Phi) is 16.0. The summed E-state index contributed by atoms with van der Waals surface area (Å²) >= 11 is 0. The molecule has 2 fully saturated rings. The molecule has 0 bridgehead atoms. The van der Waals surface area contributed by atoms with Crippen LogP contribution in [0.3, 0.4) is 0 Å². The molecule has 12 unspecified atom stereocenters. The highest BCUT2D eigenvalue weighted by molar-refractivity contribution is 5.68. The Balaban J connectivity index is 1.79. The molecule has 16 nitrogen and oxygen atoms in total. The van der Waals surface area contributed by atoms with Crippen LogP contribution in [0.1, 0.15) is 94.4 Å². The Morgan fingerprint density at radius 3 is 2.25 bits per heavy atom. The number of amides is 2. The van der Waals surface area contributed by atoms with Crippen LogP contribution in [0.25, 0.3) is 0 Å². The van der Waals surface area contributed by atoms with Gasteiger partial charge in [0.15, 0.2) is 6.29 Å². The third kappa shape index (κ3) is 13.2. The molecule has 3 aliphatic rings. The van der Waals surface area contributed by atoms with Crippen LogP contribution in [-0.2, 0) is 28.4 Å². The van der Waals surface area contributed by atoms with Gasteiger partial charge in [0.1, 0.15) is 35.1 Å². The molecule has 16 heteroatoms. The van der Waals surface area contributed by atoms with Crippen LogP contribution in [0, 0.1) is 5.92 Å². The number of carbonyl (C=O) groups excluding carboxylic acids is 2. The van der Waals surface area contributed by atoms with Crippen molar-refractivity contribution < 1.29 is 58.4 Å². The Morgan fingerprint density at radius 2 is 1.63 bits per heavy atom. The number of likely N-dealkylation sites (N-methyl/N-ethyl adjacent to an activating group) is 1. The van der Waals surface area contributed by atoms with Crippen LogP contribution < -0.4 is 21.3 Å². The molecule has 1 saturated carbocycles. The molecule has 0 aromatic heterocycles. The minimum atomic E-state index is -1.36. The molecule has 1 saturated heterocycles. The fourth-order valence-corrected chi connectivity index (χ4v) is 6.70. The van der Waals surface area contributed by atoms with Crippen molar-refractivity contribution in [2.75, 3.05) is 26.7 Å². The molecule has 0 spiro atoms. The van der Waals surface area contributed by atoms with E-state index in [4.69, 9.17) is 28.4 Å². The first-order valence-corrected chi connectivity index (χ1v) is 18.6. The van der Waals surface area contributed by atoms with E-state index in [0.717, 1.165) is 12.2 Å². The number of alkyl carbamates (subject to hydrolysis) is 2. The number of carbonyl (C=O) groups is 2. The minimum absolute atomic E-state index is 0.112. The highest BCUT2D eigenvalue weighted by Gasteiger charge is 2.51. The van der Waals surface area contributed by atoms with E-state index in [-0.39, 0.29) is 32.0 Å². The van der Waals surface area contributed by atoms with E-state index in [1.54, 1.807) is 55.5 Å². The molecule has 3 rings (SSSR count). The Bertz CT molecular complexity index is 1170. The zero-order valence-corrected chi connectivity index (χ0v) is 32.6. The second kappa shape index (κ2) is 18.8. The van der Waals surface area contributed by atoms with Crippen molar-refractivity contribution in [3.05, 3.63) is 11.8 Å². The van der Waals surface area contributed by atoms with Crippen molar-refractivity contribution in [2.45, 2.75) is 172 Å². The summed E-state index contributed by atoms with van der Waals surface area (Å²) in [5, 5.41) is 56.3. The maximum absolute atomic E-state index is 13.0. The van der Waals surface area contributed by atoms with Crippen LogP contribution in [0.15, 0.2) is 11.8 Å². The van der Waals surface area contributed by atoms with Gasteiger partial charge in [-0.1, -0.05) is 13.8 Å². The van der Waals surface area contributed by atoms with E-state index in [0.29, 0.717) is 19.3 Å². The van der Waals surface area contributed by atoms with Crippen molar-refractivity contribution in [1.29, 1.82) is 0 Å². The molecule has 52 heavy (non-hydrogen) atoms. The molecule has 302 valence electrons. The largest absolute Gasteiger partial charge is 0.468 e. The van der Waals surface area contributed by atoms with E-state index in [1.807, 2.05) is 19.9 Å². The maximum atomic E-state index is 13.0. The zero-order valence-electron chi connectivity index (χ0n) is 32.6. The van der Waals surface area contributed by atoms with Gasteiger partial charge < -0.3 is 70.1 Å². The molecule has 12 atom stereocenters. The van der Waals surface area contributed by atoms with Gasteiger partial charge in [-0.3, -0.25) is 0 Å². The lowest BCUT2D eigenvalue weighted by atomic mass is 9.80. The van der Waals surface area contributed by atoms with Gasteiger partial charge in [0.25, 0.3) is 0 Å². The number of aliphatic hydroxyl groups excluding tert-OH is 3. The maximum Gasteiger partial charge on any atom is 0.407 e. The molecule has 2 amide bonds. The molecule has 2 heterocycles. The van der Waals surface area contributed by atoms with Gasteiger partial charge in [0.05, 0.1) is 42.7 Å². The van der Waals surface area contributed by atoms with Gasteiger partial charge >= 0.3 is 12.2 Å². The first-order chi connectivity index (χ1) is 24.1. The smallest absolute Gasteiger partial charge is 0.407 e. The summed E-state index contributed by atoms with van der Waals surface area (Å²) < 4.78 is 35.7. The van der Waals surface area contributed by atoms with E-state index in [2.05, 4.69) is 21.3 Å². The predicted molar refractivity (Wildman–Crippen MR) is 191 cm³/mol. The third-order valence-corrected chi connectivity index (χ3v) is 9.14. The molecule has 0 aromatic rings. The number of hydrogen-bond donors (Lipinski definition) is 8. The van der Waals surface area contributed by atoms with Gasteiger partial charge in [-0.2, -0.15) is 0 Å². The fraction of sp³-hybridized carbons (Fsp3) is 0.889. The first kappa shape index (κ1) is 44.1. The van der Waals surface area contributed by atoms with E-state index >= 15 is 0 Å². The van der Waals surface area contributed by atoms with Gasteiger partial charge in [0.2, 0.25) is 6.29 Å². The summed E-state index contributed by atoms with van der Waals surface area (Å²) in [6.45, 7) is 16.3. The molecular weight excluding hydrogens is 680 g/mol. The molecule has 1 aliphatic carbocycles. The quantitative estimate of drug-likeness (QED) is 0.127. The second-order valence-corrected chi connectivity index (χ2v) is 16.5. The minimum Gasteiger partial charge on any atom is -0.468 e. The van der Waals surface area contributed by atoms with Crippen LogP contribution in [0.2, 0.25) is 0 Å². The summed E-state index contributed by atoms with van der Waals surface area (Å²) in [5.41, 5.74) is -2.76. The van der Waals surface area contributed by atoms with Gasteiger partial charge in [-0.15, -0.1) is 0 Å². The van der Waals surface area contributed by atoms with E-state index < -0.39 is 90.2 Å². The number of rotatable bonds is 14. The Labute approximate surface area is 308 Å². The van der Waals surface area contributed by atoms with E-state index in [1.165, 1.54) is 0 Å². The lowest BCUT2D eigenvalue weighted by molar-refractivity contribution is -0.308. The highest BCUT2D eigenvalue weighted by atomic mass is 16.7. The third-order valence-electron chi connectivity index (χ3n) is 9.14. The first-order valence-electron chi connectivity index (χ1n) is 18.6. The molecule has 0 radical (unpaired) electrons. The number of aliphatic hydroxyl groups is 4. The van der Waals surface area contributed by atoms with Crippen LogP contribution in [0.4, 0.5) is 9.59 Å². The average molecular weight is 747 g/mol. The van der Waals surface area contributed by atoms with Crippen molar-refractivity contribution in [3.8, 4) is 0 Å². The summed E-state index contributed by atoms with van der Waals surface area (Å²) in [6.07, 6.45) is -4.17. The molecule has 0 aromatic carbocycles. The Morgan fingerprint density at radius 1 is 1.00 bits per heavy atom. The van der Waals surface area contributed by atoms with Gasteiger partial charge in [-0.25, -0.2) is 9.59 Å². The summed E-state index contributed by atoms with van der Waals surface area (Å²) in [6, 6.07) is -1.94. The van der Waals surface area contributed by atoms with Crippen molar-refractivity contribution in [1.82, 2.24) is 21.3 Å². The van der Waals surface area contributed by atoms with Crippen LogP contribution in [-0.4, -0.2) is 137 Å². The molecule has 8 N–H and O–H groups in total. The van der Waals surface area contributed by atoms with E-state index in [9.17, 15) is 30.0 Å². The normalized spacial score (nSPS) is 34.8. The van der Waals surface area contributed by atoms with Gasteiger partial charge in [-0.05, 0) is 93.2 Å². The number of allylic oxidation sites excluding steroid dienone is 1. The Hall–Kier alpha value is -2.28. The standard InChI is InChI=1S/C36H66N4O12/c1-11-12-22-13-14-23(39-18-21(41)15-16-38-32(44)51-34(3,4)5)30(48-22)50-28-24(40-33(45)52-35(6,7)8)17-20(2)27(25(28)42)49-31-26(43)29(37-10)36(9,46)19-47-31/h13,20-21,23-31,37,39,41-43,46H,11-12,14-19H2,1-10H3,(H,38,44)(H,40,45). The van der Waals surface area contributed by atoms with Crippen LogP contribution >= 0.6 is 0 Å². The van der Waals surface area contributed by atoms with Crippen molar-refractivity contribution >= 4 is 12.2 Å². The molecule has 2 aliphatic heterocycles. The monoisotopic (exact) mass is 746 g/mol. The van der Waals surface area contributed by atoms with Crippen LogP contribution in [0.5, 0.6) is 0 Å². The summed E-state index contributed by atoms with van der Waals surface area (Å²) in [5.74, 6) is 0.377. The number of ether oxygens (including phenoxy) is 6. The van der Waals surface area contributed by atoms with Crippen molar-refractivity contribution in [2.24, 2.45) is 5.92 Å². The SMILES string of the molecule is CCCC1=CCC(NCC(O)CCNC(=O)OC(C)(C)C)C(OC2C(NC(=O)OC(C)(C)C)CC(C)C(OC3OCC(C)(O)C(NC)C3O)C2O)O1. The lowest BCUT2D eigenvalue weighted by Gasteiger charge is -2.49. The zero-order chi connectivity index (χ0) is 39.0. The predicted octanol–water partition coefficient (Wildman–Crippen LogP) is 1.77. The summed E-state index contributed by atoms with van der Waals surface area (Å²) in [7, 11) is 1.62. The fourth-order valence-electron chi connectivity index (χ4n) is 6.70. The van der Waals surface area contributed by atoms with Gasteiger partial charge in [0, 0.05) is 19.5 Å².